The zero-order valence-corrected chi connectivity index (χ0v) is 25.2. The van der Waals surface area contributed by atoms with Gasteiger partial charge in [-0.3, -0.25) is 29.2 Å². The zero-order valence-electron chi connectivity index (χ0n) is 25.2. The number of ether oxygens (including phenoxy) is 2. The molecule has 0 amide bonds. The van der Waals surface area contributed by atoms with Gasteiger partial charge in [0, 0.05) is 58.5 Å². The van der Waals surface area contributed by atoms with E-state index < -0.39 is 18.1 Å². The van der Waals surface area contributed by atoms with Crippen molar-refractivity contribution in [3.8, 4) is 0 Å². The van der Waals surface area contributed by atoms with Gasteiger partial charge in [-0.15, -0.1) is 0 Å². The molecule has 1 aliphatic rings. The second kappa shape index (κ2) is 17.7. The Balaban J connectivity index is 2.43. The minimum Gasteiger partial charge on any atom is -0.469 e. The Morgan fingerprint density at radius 1 is 0.780 bits per heavy atom. The van der Waals surface area contributed by atoms with Gasteiger partial charge in [0.25, 0.3) is 0 Å². The van der Waals surface area contributed by atoms with E-state index in [-0.39, 0.29) is 36.2 Å². The minimum absolute atomic E-state index is 0.00607. The first-order valence-corrected chi connectivity index (χ1v) is 14.3. The minimum atomic E-state index is -0.603. The highest BCUT2D eigenvalue weighted by molar-refractivity contribution is 5.82. The van der Waals surface area contributed by atoms with Crippen molar-refractivity contribution < 1.29 is 33.4 Å². The largest absolute Gasteiger partial charge is 0.469 e. The van der Waals surface area contributed by atoms with Gasteiger partial charge in [0.2, 0.25) is 0 Å². The predicted octanol–water partition coefficient (Wildman–Crippen LogP) is 2.19. The van der Waals surface area contributed by atoms with Crippen LogP contribution in [0.2, 0.25) is 0 Å². The first-order valence-electron chi connectivity index (χ1n) is 14.3. The zero-order chi connectivity index (χ0) is 30.4. The van der Waals surface area contributed by atoms with Crippen LogP contribution >= 0.6 is 0 Å². The lowest BCUT2D eigenvalue weighted by Crippen LogP contribution is -2.48. The summed E-state index contributed by atoms with van der Waals surface area (Å²) < 4.78 is 9.93. The van der Waals surface area contributed by atoms with E-state index in [0.29, 0.717) is 71.5 Å². The summed E-state index contributed by atoms with van der Waals surface area (Å²) in [6.45, 7) is 8.37. The monoisotopic (exact) mass is 574 g/mol. The molecule has 0 N–H and O–H groups in total. The standard InChI is InChI=1S/C30H46N4O7/c1-22(35)8-7-15-32-16-18-33(27(24(3)37)13-14-29(38)40-4)20-25-9-6-10-26(31-25)21-34(19-17-32)28(30(39)41-5)12-11-23(2)36/h6,9-10,27-28H,7-8,11-21H2,1-5H3. The van der Waals surface area contributed by atoms with Crippen molar-refractivity contribution in [2.75, 3.05) is 46.9 Å². The highest BCUT2D eigenvalue weighted by Crippen LogP contribution is 2.18. The highest BCUT2D eigenvalue weighted by Gasteiger charge is 2.30. The van der Waals surface area contributed by atoms with Crippen LogP contribution in [0.3, 0.4) is 0 Å². The third kappa shape index (κ3) is 12.2. The average molecular weight is 575 g/mol. The number of fused-ring (bicyclic) bond motifs is 2. The number of pyridine rings is 1. The van der Waals surface area contributed by atoms with Crippen molar-refractivity contribution in [2.24, 2.45) is 0 Å². The molecule has 0 aliphatic carbocycles. The van der Waals surface area contributed by atoms with E-state index in [1.54, 1.807) is 13.8 Å². The fourth-order valence-electron chi connectivity index (χ4n) is 5.16. The van der Waals surface area contributed by atoms with Gasteiger partial charge < -0.3 is 24.0 Å². The maximum Gasteiger partial charge on any atom is 0.323 e. The summed E-state index contributed by atoms with van der Waals surface area (Å²) in [5.74, 6) is -0.647. The van der Waals surface area contributed by atoms with E-state index in [1.165, 1.54) is 21.1 Å². The molecule has 41 heavy (non-hydrogen) atoms. The van der Waals surface area contributed by atoms with Gasteiger partial charge in [-0.2, -0.15) is 0 Å². The number of Topliss-reactive ketones (excluding diaryl/α,β-unsaturated/α-hetero) is 3. The predicted molar refractivity (Wildman–Crippen MR) is 153 cm³/mol. The van der Waals surface area contributed by atoms with Crippen molar-refractivity contribution in [3.05, 3.63) is 29.6 Å². The Hall–Kier alpha value is -3.02. The summed E-state index contributed by atoms with van der Waals surface area (Å²) in [6.07, 6.45) is 2.25. The van der Waals surface area contributed by atoms with Gasteiger partial charge in [-0.1, -0.05) is 6.07 Å². The summed E-state index contributed by atoms with van der Waals surface area (Å²) in [4.78, 5) is 72.1. The molecule has 228 valence electrons. The van der Waals surface area contributed by atoms with E-state index in [9.17, 15) is 24.0 Å². The van der Waals surface area contributed by atoms with Crippen molar-refractivity contribution in [2.45, 2.75) is 84.5 Å². The maximum absolute atomic E-state index is 12.8. The lowest BCUT2D eigenvalue weighted by molar-refractivity contribution is -0.148. The number of carbonyl (C=O) groups excluding carboxylic acids is 5. The lowest BCUT2D eigenvalue weighted by Gasteiger charge is -2.35. The van der Waals surface area contributed by atoms with Crippen LogP contribution < -0.4 is 0 Å². The van der Waals surface area contributed by atoms with Crippen molar-refractivity contribution in [3.63, 3.8) is 0 Å². The topological polar surface area (TPSA) is 126 Å². The van der Waals surface area contributed by atoms with Crippen LogP contribution in [0.1, 0.15) is 70.7 Å². The van der Waals surface area contributed by atoms with Crippen LogP contribution in [0, 0.1) is 0 Å². The van der Waals surface area contributed by atoms with Crippen LogP contribution in [0.15, 0.2) is 18.2 Å². The Labute approximate surface area is 243 Å². The molecule has 1 aromatic heterocycles. The molecular formula is C30H46N4O7. The number of hydrogen-bond acceptors (Lipinski definition) is 11. The van der Waals surface area contributed by atoms with Crippen LogP contribution in [-0.4, -0.2) is 108 Å². The molecule has 2 unspecified atom stereocenters. The number of nitrogens with zero attached hydrogens (tertiary/aromatic N) is 4. The number of aromatic nitrogens is 1. The highest BCUT2D eigenvalue weighted by atomic mass is 16.5. The van der Waals surface area contributed by atoms with Gasteiger partial charge in [0.1, 0.15) is 23.4 Å². The van der Waals surface area contributed by atoms with Crippen LogP contribution in [0.4, 0.5) is 0 Å². The molecule has 2 heterocycles. The van der Waals surface area contributed by atoms with E-state index in [0.717, 1.165) is 11.4 Å². The van der Waals surface area contributed by atoms with Gasteiger partial charge in [0.15, 0.2) is 0 Å². The number of hydrogen-bond donors (Lipinski definition) is 0. The summed E-state index contributed by atoms with van der Waals surface area (Å²) in [6, 6.07) is 4.63. The molecule has 2 bridgehead atoms. The van der Waals surface area contributed by atoms with Crippen LogP contribution in [0.25, 0.3) is 0 Å². The molecule has 11 nitrogen and oxygen atoms in total. The first kappa shape index (κ1) is 34.2. The van der Waals surface area contributed by atoms with Gasteiger partial charge in [-0.25, -0.2) is 0 Å². The lowest BCUT2D eigenvalue weighted by atomic mass is 10.0. The van der Waals surface area contributed by atoms with Gasteiger partial charge in [-0.05, 0) is 58.7 Å². The second-order valence-electron chi connectivity index (χ2n) is 10.7. The van der Waals surface area contributed by atoms with Crippen molar-refractivity contribution in [1.29, 1.82) is 0 Å². The quantitative estimate of drug-likeness (QED) is 0.304. The Morgan fingerprint density at radius 2 is 1.34 bits per heavy atom. The van der Waals surface area contributed by atoms with Crippen LogP contribution in [-0.2, 0) is 46.5 Å². The van der Waals surface area contributed by atoms with Crippen molar-refractivity contribution >= 4 is 29.3 Å². The fourth-order valence-corrected chi connectivity index (χ4v) is 5.16. The van der Waals surface area contributed by atoms with Gasteiger partial charge in [0.05, 0.1) is 31.6 Å². The molecule has 2 rings (SSSR count). The van der Waals surface area contributed by atoms with E-state index in [1.807, 2.05) is 23.1 Å². The van der Waals surface area contributed by atoms with Crippen LogP contribution in [0.5, 0.6) is 0 Å². The molecule has 0 radical (unpaired) electrons. The normalized spacial score (nSPS) is 17.0. The molecule has 0 spiro atoms. The Morgan fingerprint density at radius 3 is 1.85 bits per heavy atom. The number of esters is 2. The molecule has 0 aromatic carbocycles. The average Bonchev–Trinajstić information content (AvgIpc) is 2.92. The van der Waals surface area contributed by atoms with Gasteiger partial charge >= 0.3 is 11.9 Å². The molecule has 0 saturated carbocycles. The SMILES string of the molecule is COC(=O)CCC(C(C)=O)N1CCN(CCCC(C)=O)CCN(C(CCC(C)=O)C(=O)OC)Cc2cccc(n2)C1. The van der Waals surface area contributed by atoms with E-state index in [2.05, 4.69) is 9.80 Å². The maximum atomic E-state index is 12.8. The third-order valence-corrected chi connectivity index (χ3v) is 7.45. The molecule has 11 heteroatoms. The molecule has 0 fully saturated rings. The fraction of sp³-hybridized carbons (Fsp3) is 0.667. The van der Waals surface area contributed by atoms with E-state index in [4.69, 9.17) is 14.5 Å². The molecular weight excluding hydrogens is 528 g/mol. The number of rotatable bonds is 14. The summed E-state index contributed by atoms with van der Waals surface area (Å²) >= 11 is 0. The molecule has 0 saturated heterocycles. The third-order valence-electron chi connectivity index (χ3n) is 7.45. The smallest absolute Gasteiger partial charge is 0.323 e. The molecule has 1 aromatic rings. The van der Waals surface area contributed by atoms with Crippen molar-refractivity contribution in [1.82, 2.24) is 19.7 Å². The summed E-state index contributed by atoms with van der Waals surface area (Å²) in [7, 11) is 2.69. The summed E-state index contributed by atoms with van der Waals surface area (Å²) in [5, 5.41) is 0. The number of carbonyl (C=O) groups is 5. The Bertz CT molecular complexity index is 1050. The summed E-state index contributed by atoms with van der Waals surface area (Å²) in [5.41, 5.74) is 1.53. The molecule has 1 aliphatic heterocycles. The molecule has 2 atom stereocenters. The second-order valence-corrected chi connectivity index (χ2v) is 10.7. The van der Waals surface area contributed by atoms with E-state index >= 15 is 0 Å². The number of methoxy groups -OCH3 is 2. The Kier molecular flexibility index (Phi) is 14.8. The first-order chi connectivity index (χ1) is 19.5. The number of ketones is 3.